The Labute approximate surface area is 170 Å². The molecule has 0 bridgehead atoms. The molecule has 0 unspecified atom stereocenters. The van der Waals surface area contributed by atoms with E-state index in [1.807, 2.05) is 0 Å². The topological polar surface area (TPSA) is 147 Å². The number of nitrogens with zero attached hydrogens (tertiary/aromatic N) is 6. The minimum absolute atomic E-state index is 0.192. The molecule has 29 heavy (non-hydrogen) atoms. The molecule has 0 aliphatic carbocycles. The van der Waals surface area contributed by atoms with Gasteiger partial charge in [0.1, 0.15) is 5.76 Å². The molecule has 4 rings (SSSR count). The number of benzene rings is 1. The van der Waals surface area contributed by atoms with Gasteiger partial charge in [-0.2, -0.15) is 10.2 Å². The van der Waals surface area contributed by atoms with E-state index >= 15 is 0 Å². The third-order valence-corrected chi connectivity index (χ3v) is 6.58. The Morgan fingerprint density at radius 3 is 2.72 bits per heavy atom. The van der Waals surface area contributed by atoms with E-state index in [1.165, 1.54) is 30.2 Å². The zero-order valence-electron chi connectivity index (χ0n) is 15.4. The molecule has 0 fully saturated rings. The summed E-state index contributed by atoms with van der Waals surface area (Å²) in [4.78, 5) is 4.57. The number of rotatable bonds is 7. The van der Waals surface area contributed by atoms with Crippen molar-refractivity contribution in [2.75, 3.05) is 14.1 Å². The van der Waals surface area contributed by atoms with Gasteiger partial charge < -0.3 is 4.42 Å². The van der Waals surface area contributed by atoms with E-state index in [4.69, 9.17) is 4.42 Å². The van der Waals surface area contributed by atoms with Gasteiger partial charge in [-0.15, -0.1) is 15.3 Å². The molecule has 1 aromatic carbocycles. The molecule has 3 aromatic heterocycles. The maximum absolute atomic E-state index is 12.3. The van der Waals surface area contributed by atoms with Crippen molar-refractivity contribution in [3.63, 3.8) is 0 Å². The first-order chi connectivity index (χ1) is 13.9. The predicted molar refractivity (Wildman–Crippen MR) is 104 cm³/mol. The standard InChI is InChI=1S/C16H16N8O3S2/c1-24(2)29(25,26)11-5-3-4-10(8-11)12-6-7-13(27-12)15-17-16(21-20-15)28-9-14-18-22-23-19-14/h3-8H,9H2,1-2H3,(H,17,20,21)(H,18,19,22,23). The van der Waals surface area contributed by atoms with Gasteiger partial charge in [-0.3, -0.25) is 5.10 Å². The average molecular weight is 432 g/mol. The molecule has 0 spiro atoms. The predicted octanol–water partition coefficient (Wildman–Crippen LogP) is 1.79. The van der Waals surface area contributed by atoms with Crippen molar-refractivity contribution in [3.8, 4) is 22.9 Å². The van der Waals surface area contributed by atoms with Crippen LogP contribution in [0, 0.1) is 0 Å². The summed E-state index contributed by atoms with van der Waals surface area (Å²) in [6, 6.07) is 10.1. The zero-order chi connectivity index (χ0) is 20.4. The fourth-order valence-electron chi connectivity index (χ4n) is 2.43. The molecule has 0 saturated carbocycles. The van der Waals surface area contributed by atoms with Gasteiger partial charge in [-0.25, -0.2) is 12.7 Å². The number of aromatic amines is 2. The Balaban J connectivity index is 1.53. The number of thioether (sulfide) groups is 1. The first-order valence-electron chi connectivity index (χ1n) is 8.34. The number of tetrazole rings is 1. The second-order valence-corrected chi connectivity index (χ2v) is 9.16. The molecular weight excluding hydrogens is 416 g/mol. The van der Waals surface area contributed by atoms with Crippen molar-refractivity contribution >= 4 is 21.8 Å². The SMILES string of the molecule is CN(C)S(=O)(=O)c1cccc(-c2ccc(-c3nc(SCc4nn[nH]n4)n[nH]3)o2)c1. The van der Waals surface area contributed by atoms with E-state index in [1.54, 1.807) is 36.4 Å². The van der Waals surface area contributed by atoms with Gasteiger partial charge >= 0.3 is 0 Å². The average Bonchev–Trinajstić information content (AvgIpc) is 3.47. The highest BCUT2D eigenvalue weighted by Crippen LogP contribution is 2.29. The van der Waals surface area contributed by atoms with Crippen LogP contribution in [0.1, 0.15) is 5.82 Å². The maximum Gasteiger partial charge on any atom is 0.242 e. The first-order valence-corrected chi connectivity index (χ1v) is 10.8. The van der Waals surface area contributed by atoms with Crippen LogP contribution in [0.15, 0.2) is 50.9 Å². The summed E-state index contributed by atoms with van der Waals surface area (Å²) in [5, 5.41) is 21.1. The molecule has 0 atom stereocenters. The van der Waals surface area contributed by atoms with Crippen molar-refractivity contribution in [2.45, 2.75) is 15.8 Å². The van der Waals surface area contributed by atoms with Gasteiger partial charge in [0.25, 0.3) is 0 Å². The minimum atomic E-state index is -3.53. The molecule has 11 nitrogen and oxygen atoms in total. The summed E-state index contributed by atoms with van der Waals surface area (Å²) in [5.41, 5.74) is 0.644. The third kappa shape index (κ3) is 4.06. The quantitative estimate of drug-likeness (QED) is 0.417. The second kappa shape index (κ2) is 7.77. The van der Waals surface area contributed by atoms with Crippen molar-refractivity contribution in [1.82, 2.24) is 40.1 Å². The molecule has 3 heterocycles. The second-order valence-electron chi connectivity index (χ2n) is 6.06. The number of furan rings is 1. The zero-order valence-corrected chi connectivity index (χ0v) is 17.0. The molecule has 2 N–H and O–H groups in total. The molecule has 0 aliphatic rings. The molecule has 0 aliphatic heterocycles. The molecule has 4 aromatic rings. The van der Waals surface area contributed by atoms with Crippen LogP contribution in [0.3, 0.4) is 0 Å². The smallest absolute Gasteiger partial charge is 0.242 e. The van der Waals surface area contributed by atoms with Crippen LogP contribution in [0.25, 0.3) is 22.9 Å². The van der Waals surface area contributed by atoms with Crippen LogP contribution in [0.4, 0.5) is 0 Å². The maximum atomic E-state index is 12.3. The number of nitrogens with one attached hydrogen (secondary N) is 2. The highest BCUT2D eigenvalue weighted by molar-refractivity contribution is 7.98. The fourth-order valence-corrected chi connectivity index (χ4v) is 4.03. The van der Waals surface area contributed by atoms with E-state index in [0.29, 0.717) is 39.6 Å². The van der Waals surface area contributed by atoms with E-state index in [9.17, 15) is 8.42 Å². The van der Waals surface area contributed by atoms with Gasteiger partial charge in [0.05, 0.1) is 10.6 Å². The van der Waals surface area contributed by atoms with Crippen LogP contribution < -0.4 is 0 Å². The van der Waals surface area contributed by atoms with Gasteiger partial charge in [0.2, 0.25) is 15.2 Å². The summed E-state index contributed by atoms with van der Waals surface area (Å²) >= 11 is 1.35. The molecule has 0 amide bonds. The molecular formula is C16H16N8O3S2. The summed E-state index contributed by atoms with van der Waals surface area (Å²) in [7, 11) is -0.548. The van der Waals surface area contributed by atoms with Crippen LogP contribution in [0.5, 0.6) is 0 Å². The lowest BCUT2D eigenvalue weighted by molar-refractivity contribution is 0.520. The van der Waals surface area contributed by atoms with Gasteiger partial charge in [-0.05, 0) is 24.3 Å². The molecule has 13 heteroatoms. The highest BCUT2D eigenvalue weighted by atomic mass is 32.2. The largest absolute Gasteiger partial charge is 0.453 e. The monoisotopic (exact) mass is 432 g/mol. The van der Waals surface area contributed by atoms with Crippen molar-refractivity contribution < 1.29 is 12.8 Å². The minimum Gasteiger partial charge on any atom is -0.453 e. The fraction of sp³-hybridized carbons (Fsp3) is 0.188. The lowest BCUT2D eigenvalue weighted by Gasteiger charge is -2.11. The Morgan fingerprint density at radius 1 is 1.14 bits per heavy atom. The number of hydrogen-bond acceptors (Lipinski definition) is 9. The van der Waals surface area contributed by atoms with Crippen molar-refractivity contribution in [1.29, 1.82) is 0 Å². The number of aromatic nitrogens is 7. The number of sulfonamides is 1. The van der Waals surface area contributed by atoms with Gasteiger partial charge in [0.15, 0.2) is 17.4 Å². The summed E-state index contributed by atoms with van der Waals surface area (Å²) in [6.07, 6.45) is 0. The Morgan fingerprint density at radius 2 is 1.97 bits per heavy atom. The lowest BCUT2D eigenvalue weighted by atomic mass is 10.2. The Bertz CT molecular complexity index is 1210. The van der Waals surface area contributed by atoms with E-state index in [0.717, 1.165) is 0 Å². The van der Waals surface area contributed by atoms with Crippen LogP contribution in [-0.2, 0) is 15.8 Å². The third-order valence-electron chi connectivity index (χ3n) is 3.92. The summed E-state index contributed by atoms with van der Waals surface area (Å²) in [5.74, 6) is 2.50. The van der Waals surface area contributed by atoms with E-state index < -0.39 is 10.0 Å². The van der Waals surface area contributed by atoms with Crippen molar-refractivity contribution in [3.05, 3.63) is 42.2 Å². The Hall–Kier alpha value is -3.03. The molecule has 0 saturated heterocycles. The number of hydrogen-bond donors (Lipinski definition) is 2. The van der Waals surface area contributed by atoms with Gasteiger partial charge in [-0.1, -0.05) is 29.1 Å². The first kappa shape index (κ1) is 19.3. The Kier molecular flexibility index (Phi) is 5.17. The van der Waals surface area contributed by atoms with Gasteiger partial charge in [0, 0.05) is 19.7 Å². The van der Waals surface area contributed by atoms with Crippen LogP contribution in [-0.4, -0.2) is 62.6 Å². The van der Waals surface area contributed by atoms with Crippen LogP contribution >= 0.6 is 11.8 Å². The number of H-pyrrole nitrogens is 2. The lowest BCUT2D eigenvalue weighted by Crippen LogP contribution is -2.22. The van der Waals surface area contributed by atoms with Crippen LogP contribution in [0.2, 0.25) is 0 Å². The molecule has 0 radical (unpaired) electrons. The highest BCUT2D eigenvalue weighted by Gasteiger charge is 2.19. The summed E-state index contributed by atoms with van der Waals surface area (Å²) < 4.78 is 31.7. The normalized spacial score (nSPS) is 12.0. The summed E-state index contributed by atoms with van der Waals surface area (Å²) in [6.45, 7) is 0. The molecule has 150 valence electrons. The van der Waals surface area contributed by atoms with Crippen molar-refractivity contribution in [2.24, 2.45) is 0 Å². The van der Waals surface area contributed by atoms with E-state index in [-0.39, 0.29) is 4.90 Å². The van der Waals surface area contributed by atoms with E-state index in [2.05, 4.69) is 35.8 Å².